The molecule has 6 heteroatoms. The van der Waals surface area contributed by atoms with Crippen molar-refractivity contribution in [1.29, 1.82) is 0 Å². The molecule has 0 aliphatic rings. The van der Waals surface area contributed by atoms with Crippen molar-refractivity contribution < 1.29 is 0 Å². The molecule has 0 radical (unpaired) electrons. The van der Waals surface area contributed by atoms with Crippen LogP contribution in [-0.2, 0) is 0 Å². The average Bonchev–Trinajstić information content (AvgIpc) is 2.57. The van der Waals surface area contributed by atoms with Crippen molar-refractivity contribution in [3.63, 3.8) is 0 Å². The minimum absolute atomic E-state index is 0.104. The second-order valence-electron chi connectivity index (χ2n) is 4.82. The lowest BCUT2D eigenvalue weighted by Gasteiger charge is -1.96. The van der Waals surface area contributed by atoms with Gasteiger partial charge in [0.05, 0.1) is 5.71 Å². The minimum Gasteiger partial charge on any atom is -0.369 e. The maximum atomic E-state index is 5.87. The molecule has 0 spiro atoms. The van der Waals surface area contributed by atoms with Gasteiger partial charge in [-0.15, -0.1) is 10.2 Å². The molecule has 0 fully saturated rings. The molecule has 0 saturated carbocycles. The van der Waals surface area contributed by atoms with Gasteiger partial charge in [-0.05, 0) is 47.5 Å². The van der Waals surface area contributed by atoms with E-state index in [-0.39, 0.29) is 5.96 Å². The number of nitrogens with two attached hydrogens (primary N) is 2. The minimum atomic E-state index is -0.104. The molecule has 0 heterocycles. The Morgan fingerprint density at radius 3 is 1.50 bits per heavy atom. The highest BCUT2D eigenvalue weighted by molar-refractivity contribution is 6.30. The second-order valence-corrected chi connectivity index (χ2v) is 5.69. The monoisotopic (exact) mass is 358 g/mol. The van der Waals surface area contributed by atoms with Gasteiger partial charge in [-0.3, -0.25) is 0 Å². The van der Waals surface area contributed by atoms with Gasteiger partial charge in [-0.25, -0.2) is 0 Å². The molecule has 24 heavy (non-hydrogen) atoms. The lowest BCUT2D eigenvalue weighted by atomic mass is 10.1. The number of halogens is 2. The average molecular weight is 359 g/mol. The van der Waals surface area contributed by atoms with Crippen molar-refractivity contribution >= 4 is 47.0 Å². The van der Waals surface area contributed by atoms with Gasteiger partial charge in [-0.2, -0.15) is 0 Å². The van der Waals surface area contributed by atoms with E-state index in [2.05, 4.69) is 10.2 Å². The zero-order valence-corrected chi connectivity index (χ0v) is 14.2. The van der Waals surface area contributed by atoms with E-state index in [1.54, 1.807) is 0 Å². The first-order valence-corrected chi connectivity index (χ1v) is 7.82. The number of hydrogen-bond acceptors (Lipinski definition) is 2. The summed E-state index contributed by atoms with van der Waals surface area (Å²) >= 11 is 11.7. The molecule has 0 aliphatic heterocycles. The Bertz CT molecular complexity index is 727. The van der Waals surface area contributed by atoms with E-state index in [1.165, 1.54) is 0 Å². The Hall–Kier alpha value is -2.56. The highest BCUT2D eigenvalue weighted by atomic mass is 35.5. The number of guanidine groups is 1. The molecular formula is C18H16Cl2N4. The lowest BCUT2D eigenvalue weighted by molar-refractivity contribution is 1.21. The Balaban J connectivity index is 2.21. The number of benzene rings is 2. The van der Waals surface area contributed by atoms with E-state index in [0.717, 1.165) is 11.1 Å². The maximum absolute atomic E-state index is 5.87. The van der Waals surface area contributed by atoms with E-state index >= 15 is 0 Å². The molecule has 4 nitrogen and oxygen atoms in total. The lowest BCUT2D eigenvalue weighted by Crippen LogP contribution is -2.22. The maximum Gasteiger partial charge on any atom is 0.211 e. The van der Waals surface area contributed by atoms with Crippen LogP contribution < -0.4 is 11.5 Å². The van der Waals surface area contributed by atoms with Gasteiger partial charge in [-0.1, -0.05) is 59.6 Å². The highest BCUT2D eigenvalue weighted by Crippen LogP contribution is 2.12. The topological polar surface area (TPSA) is 76.8 Å². The van der Waals surface area contributed by atoms with Gasteiger partial charge in [0, 0.05) is 10.0 Å². The Kier molecular flexibility index (Phi) is 6.61. The van der Waals surface area contributed by atoms with E-state index in [9.17, 15) is 0 Å². The van der Waals surface area contributed by atoms with Crippen molar-refractivity contribution in [2.45, 2.75) is 0 Å². The van der Waals surface area contributed by atoms with Crippen molar-refractivity contribution in [1.82, 2.24) is 0 Å². The van der Waals surface area contributed by atoms with Crippen molar-refractivity contribution in [2.75, 3.05) is 0 Å². The molecule has 0 aromatic heterocycles. The quantitative estimate of drug-likeness (QED) is 0.473. The van der Waals surface area contributed by atoms with Crippen LogP contribution in [0.15, 0.2) is 70.9 Å². The largest absolute Gasteiger partial charge is 0.369 e. The first kappa shape index (κ1) is 17.8. The van der Waals surface area contributed by atoms with Crippen LogP contribution in [0.25, 0.3) is 12.2 Å². The first-order valence-electron chi connectivity index (χ1n) is 7.07. The molecule has 4 N–H and O–H groups in total. The predicted molar refractivity (Wildman–Crippen MR) is 104 cm³/mol. The Morgan fingerprint density at radius 1 is 0.708 bits per heavy atom. The van der Waals surface area contributed by atoms with E-state index in [4.69, 9.17) is 34.7 Å². The molecule has 0 saturated heterocycles. The third kappa shape index (κ3) is 6.28. The number of hydrogen-bond donors (Lipinski definition) is 2. The molecule has 122 valence electrons. The summed E-state index contributed by atoms with van der Waals surface area (Å²) in [6, 6.07) is 14.9. The van der Waals surface area contributed by atoms with E-state index < -0.39 is 0 Å². The van der Waals surface area contributed by atoms with Crippen molar-refractivity contribution in [3.8, 4) is 0 Å². The van der Waals surface area contributed by atoms with Crippen LogP contribution in [0.4, 0.5) is 0 Å². The summed E-state index contributed by atoms with van der Waals surface area (Å²) in [7, 11) is 0. The summed E-state index contributed by atoms with van der Waals surface area (Å²) in [6.07, 6.45) is 7.40. The molecular weight excluding hydrogens is 343 g/mol. The number of nitrogens with zero attached hydrogens (tertiary/aromatic N) is 2. The zero-order valence-electron chi connectivity index (χ0n) is 12.7. The molecule has 0 aliphatic carbocycles. The molecule has 0 atom stereocenters. The van der Waals surface area contributed by atoms with Crippen LogP contribution in [0.1, 0.15) is 11.1 Å². The van der Waals surface area contributed by atoms with Crippen LogP contribution in [-0.4, -0.2) is 11.7 Å². The molecule has 0 bridgehead atoms. The predicted octanol–water partition coefficient (Wildman–Crippen LogP) is 4.35. The van der Waals surface area contributed by atoms with Gasteiger partial charge in [0.25, 0.3) is 0 Å². The molecule has 2 rings (SSSR count). The SMILES string of the molecule is NC(N)=NN=C(C=Cc1ccc(Cl)cc1)C=Cc1ccc(Cl)cc1. The fourth-order valence-corrected chi connectivity index (χ4v) is 2.00. The zero-order chi connectivity index (χ0) is 17.4. The standard InChI is InChI=1S/C18H16Cl2N4/c19-15-7-1-13(2-8-15)5-11-17(23-24-18(21)22)12-6-14-3-9-16(20)10-4-14/h1-12H,(H4,21,22,24). The van der Waals surface area contributed by atoms with E-state index in [0.29, 0.717) is 15.8 Å². The summed E-state index contributed by atoms with van der Waals surface area (Å²) in [6.45, 7) is 0. The van der Waals surface area contributed by atoms with Gasteiger partial charge >= 0.3 is 0 Å². The van der Waals surface area contributed by atoms with Crippen LogP contribution in [0.2, 0.25) is 10.0 Å². The highest BCUT2D eigenvalue weighted by Gasteiger charge is 1.93. The van der Waals surface area contributed by atoms with Crippen LogP contribution in [0.3, 0.4) is 0 Å². The summed E-state index contributed by atoms with van der Waals surface area (Å²) in [4.78, 5) is 0. The molecule has 2 aromatic carbocycles. The van der Waals surface area contributed by atoms with Gasteiger partial charge in [0.2, 0.25) is 5.96 Å². The van der Waals surface area contributed by atoms with Gasteiger partial charge in [0.1, 0.15) is 0 Å². The van der Waals surface area contributed by atoms with Crippen molar-refractivity contribution in [2.24, 2.45) is 21.7 Å². The van der Waals surface area contributed by atoms with Crippen molar-refractivity contribution in [3.05, 3.63) is 81.9 Å². The fourth-order valence-electron chi connectivity index (χ4n) is 1.75. The van der Waals surface area contributed by atoms with Gasteiger partial charge < -0.3 is 11.5 Å². The van der Waals surface area contributed by atoms with Crippen LogP contribution in [0.5, 0.6) is 0 Å². The Morgan fingerprint density at radius 2 is 1.12 bits per heavy atom. The van der Waals surface area contributed by atoms with Gasteiger partial charge in [0.15, 0.2) is 0 Å². The summed E-state index contributed by atoms with van der Waals surface area (Å²) in [5, 5.41) is 9.08. The fraction of sp³-hybridized carbons (Fsp3) is 0. The molecule has 0 unspecified atom stereocenters. The first-order chi connectivity index (χ1) is 11.5. The smallest absolute Gasteiger partial charge is 0.211 e. The Labute approximate surface area is 150 Å². The van der Waals surface area contributed by atoms with Crippen LogP contribution >= 0.6 is 23.2 Å². The number of rotatable bonds is 5. The molecule has 2 aromatic rings. The summed E-state index contributed by atoms with van der Waals surface area (Å²) < 4.78 is 0. The van der Waals surface area contributed by atoms with Crippen LogP contribution in [0, 0.1) is 0 Å². The summed E-state index contributed by atoms with van der Waals surface area (Å²) in [5.74, 6) is -0.104. The normalized spacial score (nSPS) is 10.9. The van der Waals surface area contributed by atoms with E-state index in [1.807, 2.05) is 72.8 Å². The second kappa shape index (κ2) is 8.91. The molecule has 0 amide bonds. The third-order valence-corrected chi connectivity index (χ3v) is 3.42. The summed E-state index contributed by atoms with van der Waals surface area (Å²) in [5.41, 5.74) is 13.2. The third-order valence-electron chi connectivity index (χ3n) is 2.91. The number of allylic oxidation sites excluding steroid dienone is 2.